The normalized spacial score (nSPS) is 20.4. The van der Waals surface area contributed by atoms with Gasteiger partial charge >= 0.3 is 0 Å². The third-order valence-corrected chi connectivity index (χ3v) is 6.30. The Hall–Kier alpha value is -3.63. The van der Waals surface area contributed by atoms with E-state index in [1.165, 1.54) is 0 Å². The molecular weight excluding hydrogens is 473 g/mol. The predicted molar refractivity (Wildman–Crippen MR) is 130 cm³/mol. The van der Waals surface area contributed by atoms with Crippen molar-refractivity contribution in [2.24, 2.45) is 13.0 Å². The van der Waals surface area contributed by atoms with Gasteiger partial charge in [0.15, 0.2) is 23.3 Å². The number of ether oxygens (including phenoxy) is 1. The van der Waals surface area contributed by atoms with Crippen LogP contribution in [0, 0.1) is 30.3 Å². The van der Waals surface area contributed by atoms with Gasteiger partial charge < -0.3 is 15.0 Å². The van der Waals surface area contributed by atoms with Crippen LogP contribution in [0.4, 0.5) is 24.7 Å². The number of amides is 1. The second kappa shape index (κ2) is 10.2. The Labute approximate surface area is 208 Å². The molecule has 1 aliphatic carbocycles. The molecule has 194 valence electrons. The highest BCUT2D eigenvalue weighted by Crippen LogP contribution is 2.39. The minimum absolute atomic E-state index is 0. The largest absolute Gasteiger partial charge is 0.490 e. The van der Waals surface area contributed by atoms with Gasteiger partial charge in [-0.3, -0.25) is 9.48 Å². The maximum atomic E-state index is 13.4. The second-order valence-electron chi connectivity index (χ2n) is 8.86. The van der Waals surface area contributed by atoms with Crippen LogP contribution in [0.3, 0.4) is 0 Å². The molecule has 1 unspecified atom stereocenters. The lowest BCUT2D eigenvalue weighted by atomic mass is 9.80. The Morgan fingerprint density at radius 1 is 1.11 bits per heavy atom. The first kappa shape index (κ1) is 27.0. The lowest BCUT2D eigenvalue weighted by Gasteiger charge is -2.36. The van der Waals surface area contributed by atoms with Crippen LogP contribution in [0.15, 0.2) is 24.5 Å². The van der Waals surface area contributed by atoms with Crippen LogP contribution in [-0.2, 0) is 18.3 Å². The molecule has 1 fully saturated rings. The molecule has 8 nitrogen and oxygen atoms in total. The lowest BCUT2D eigenvalue weighted by Crippen LogP contribution is -2.40. The molecule has 3 heterocycles. The number of hydrogen-bond acceptors (Lipinski definition) is 6. The molecule has 11 heteroatoms. The fraction of sp³-hybridized carbons (Fsp3) is 0.440. The third kappa shape index (κ3) is 4.87. The number of carbonyl (C=O) groups excluding carboxylic acids is 1. The molecule has 3 aromatic rings. The molecule has 1 saturated carbocycles. The lowest BCUT2D eigenvalue weighted by molar-refractivity contribution is -0.117. The van der Waals surface area contributed by atoms with E-state index in [0.29, 0.717) is 42.3 Å². The number of aryl methyl sites for hydroxylation is 2. The molecule has 0 bridgehead atoms. The number of anilines is 2. The summed E-state index contributed by atoms with van der Waals surface area (Å²) >= 11 is 0. The molecule has 0 saturated heterocycles. The number of aromatic nitrogens is 4. The Bertz CT molecular complexity index is 1250. The zero-order valence-corrected chi connectivity index (χ0v) is 18.8. The summed E-state index contributed by atoms with van der Waals surface area (Å²) in [6.07, 6.45) is 5.15. The quantitative estimate of drug-likeness (QED) is 0.506. The maximum Gasteiger partial charge on any atom is 0.252 e. The number of hydrogen-bond donors (Lipinski definition) is 1. The summed E-state index contributed by atoms with van der Waals surface area (Å²) in [7, 11) is 3.61. The molecule has 0 radical (unpaired) electrons. The number of fused-ring (bicyclic) bond motifs is 1. The van der Waals surface area contributed by atoms with Gasteiger partial charge in [-0.2, -0.15) is 5.10 Å². The van der Waals surface area contributed by atoms with E-state index in [9.17, 15) is 18.0 Å². The minimum Gasteiger partial charge on any atom is -0.490 e. The van der Waals surface area contributed by atoms with Crippen LogP contribution >= 0.6 is 0 Å². The fourth-order valence-electron chi connectivity index (χ4n) is 4.54. The highest BCUT2D eigenvalue weighted by molar-refractivity contribution is 6.03. The topological polar surface area (TPSA) is 85.2 Å². The zero-order chi connectivity index (χ0) is 24.1. The maximum absolute atomic E-state index is 13.4. The smallest absolute Gasteiger partial charge is 0.252 e. The van der Waals surface area contributed by atoms with Gasteiger partial charge in [0.2, 0.25) is 0 Å². The molecule has 5 rings (SSSR count). The summed E-state index contributed by atoms with van der Waals surface area (Å²) in [4.78, 5) is 23.9. The van der Waals surface area contributed by atoms with Crippen LogP contribution in [0.5, 0.6) is 5.75 Å². The van der Waals surface area contributed by atoms with E-state index in [4.69, 9.17) is 9.72 Å². The van der Waals surface area contributed by atoms with Gasteiger partial charge in [-0.25, -0.2) is 23.1 Å². The standard InChI is InChI=1S/C23H23F3N6O2.2CH4/c1-11-20-22(32(3)21(23(33)30-20)13-9-27-31(2)10-13)29-18(28-11)6-12-4-14(5-12)34-15-7-16(24)19(26)17(25)8-15;;/h7-10,12,14,21H,4-6H2,1-3H3,(H,30,33);2*1H4. The average molecular weight is 505 g/mol. The monoisotopic (exact) mass is 504 g/mol. The average Bonchev–Trinajstić information content (AvgIpc) is 3.17. The van der Waals surface area contributed by atoms with Crippen LogP contribution in [0.1, 0.15) is 50.8 Å². The van der Waals surface area contributed by atoms with Gasteiger partial charge in [0.05, 0.1) is 18.0 Å². The van der Waals surface area contributed by atoms with Gasteiger partial charge in [0, 0.05) is 44.4 Å². The first-order valence-electron chi connectivity index (χ1n) is 10.9. The van der Waals surface area contributed by atoms with Crippen LogP contribution in [-0.4, -0.2) is 38.8 Å². The van der Waals surface area contributed by atoms with E-state index < -0.39 is 23.5 Å². The Balaban J connectivity index is 0.00000180. The second-order valence-corrected chi connectivity index (χ2v) is 8.86. The highest BCUT2D eigenvalue weighted by atomic mass is 19.2. The molecule has 1 amide bonds. The van der Waals surface area contributed by atoms with Crippen molar-refractivity contribution in [2.45, 2.75) is 53.2 Å². The van der Waals surface area contributed by atoms with Crippen molar-refractivity contribution in [3.05, 3.63) is 59.1 Å². The molecule has 2 aromatic heterocycles. The SMILES string of the molecule is C.C.Cc1nc(CC2CC(Oc3cc(F)c(F)c(F)c3)C2)nc2c1NC(=O)C(c1cnn(C)c1)N2C. The number of nitrogens with zero attached hydrogens (tertiary/aromatic N) is 5. The van der Waals surface area contributed by atoms with E-state index in [2.05, 4.69) is 15.4 Å². The van der Waals surface area contributed by atoms with Crippen LogP contribution in [0.2, 0.25) is 0 Å². The van der Waals surface area contributed by atoms with E-state index in [-0.39, 0.29) is 38.5 Å². The van der Waals surface area contributed by atoms with Gasteiger partial charge in [-0.15, -0.1) is 0 Å². The Kier molecular flexibility index (Phi) is 7.61. The Morgan fingerprint density at radius 3 is 2.39 bits per heavy atom. The van der Waals surface area contributed by atoms with Crippen molar-refractivity contribution < 1.29 is 22.7 Å². The third-order valence-electron chi connectivity index (χ3n) is 6.30. The van der Waals surface area contributed by atoms with Gasteiger partial charge in [0.1, 0.15) is 23.3 Å². The summed E-state index contributed by atoms with van der Waals surface area (Å²) in [6, 6.07) is 1.15. The van der Waals surface area contributed by atoms with E-state index >= 15 is 0 Å². The van der Waals surface area contributed by atoms with Crippen molar-refractivity contribution in [1.29, 1.82) is 0 Å². The molecule has 1 N–H and O–H groups in total. The van der Waals surface area contributed by atoms with Gasteiger partial charge in [0.25, 0.3) is 5.91 Å². The van der Waals surface area contributed by atoms with Crippen molar-refractivity contribution in [1.82, 2.24) is 19.7 Å². The van der Waals surface area contributed by atoms with Gasteiger partial charge in [-0.05, 0) is 25.7 Å². The number of benzene rings is 1. The van der Waals surface area contributed by atoms with Crippen molar-refractivity contribution in [3.63, 3.8) is 0 Å². The molecular formula is C25H31F3N6O2. The van der Waals surface area contributed by atoms with E-state index in [1.54, 1.807) is 24.1 Å². The molecule has 0 spiro atoms. The predicted octanol–water partition coefficient (Wildman–Crippen LogP) is 4.74. The summed E-state index contributed by atoms with van der Waals surface area (Å²) in [5.74, 6) is -2.74. The molecule has 36 heavy (non-hydrogen) atoms. The summed E-state index contributed by atoms with van der Waals surface area (Å²) in [5.41, 5.74) is 2.03. The minimum atomic E-state index is -1.51. The summed E-state index contributed by atoms with van der Waals surface area (Å²) < 4.78 is 47.2. The fourth-order valence-corrected chi connectivity index (χ4v) is 4.54. The van der Waals surface area contributed by atoms with Crippen molar-refractivity contribution in [3.8, 4) is 5.75 Å². The molecule has 2 aliphatic rings. The van der Waals surface area contributed by atoms with Gasteiger partial charge in [-0.1, -0.05) is 14.9 Å². The number of nitrogens with one attached hydrogen (secondary N) is 1. The molecule has 1 atom stereocenters. The zero-order valence-electron chi connectivity index (χ0n) is 18.8. The van der Waals surface area contributed by atoms with Crippen LogP contribution < -0.4 is 15.0 Å². The Morgan fingerprint density at radius 2 is 1.78 bits per heavy atom. The summed E-state index contributed by atoms with van der Waals surface area (Å²) in [6.45, 7) is 1.83. The number of likely N-dealkylation sites (N-methyl/N-ethyl adjacent to an activating group) is 1. The molecule has 1 aliphatic heterocycles. The van der Waals surface area contributed by atoms with Crippen molar-refractivity contribution >= 4 is 17.4 Å². The first-order chi connectivity index (χ1) is 16.2. The first-order valence-corrected chi connectivity index (χ1v) is 10.9. The number of halogens is 3. The van der Waals surface area contributed by atoms with Crippen LogP contribution in [0.25, 0.3) is 0 Å². The summed E-state index contributed by atoms with van der Waals surface area (Å²) in [5, 5.41) is 7.09. The number of carbonyl (C=O) groups is 1. The molecule has 1 aromatic carbocycles. The highest BCUT2D eigenvalue weighted by Gasteiger charge is 2.36. The van der Waals surface area contributed by atoms with Crippen molar-refractivity contribution in [2.75, 3.05) is 17.3 Å². The number of rotatable bonds is 5. The van der Waals surface area contributed by atoms with E-state index in [1.807, 2.05) is 18.9 Å². The van der Waals surface area contributed by atoms with E-state index in [0.717, 1.165) is 17.7 Å².